The van der Waals surface area contributed by atoms with E-state index < -0.39 is 0 Å². The Morgan fingerprint density at radius 3 is 2.74 bits per heavy atom. The van der Waals surface area contributed by atoms with Crippen molar-refractivity contribution < 1.29 is 0 Å². The Morgan fingerprint density at radius 2 is 1.77 bits per heavy atom. The summed E-state index contributed by atoms with van der Waals surface area (Å²) in [6, 6.07) is 20.1. The summed E-state index contributed by atoms with van der Waals surface area (Å²) in [5.41, 5.74) is 4.92. The van der Waals surface area contributed by atoms with Gasteiger partial charge in [-0.25, -0.2) is 4.98 Å². The topological polar surface area (TPSA) is 64.6 Å². The van der Waals surface area contributed by atoms with E-state index >= 15 is 0 Å². The fourth-order valence-electron chi connectivity index (χ4n) is 4.72. The lowest BCUT2D eigenvalue weighted by molar-refractivity contribution is 0.360. The Labute approximate surface area is 180 Å². The van der Waals surface area contributed by atoms with Crippen LogP contribution in [-0.4, -0.2) is 47.0 Å². The van der Waals surface area contributed by atoms with E-state index in [1.165, 1.54) is 0 Å². The van der Waals surface area contributed by atoms with Crippen molar-refractivity contribution in [3.8, 4) is 22.5 Å². The maximum atomic E-state index is 12.7. The number of aromatic nitrogens is 2. The molecule has 6 rings (SSSR count). The number of pyridine rings is 1. The molecule has 31 heavy (non-hydrogen) atoms. The van der Waals surface area contributed by atoms with Crippen LogP contribution in [0.25, 0.3) is 33.4 Å². The fourth-order valence-corrected chi connectivity index (χ4v) is 4.72. The number of nitrogens with zero attached hydrogens (tertiary/aromatic N) is 4. The van der Waals surface area contributed by atoms with Crippen molar-refractivity contribution in [2.75, 3.05) is 31.1 Å². The number of benzene rings is 1. The van der Waals surface area contributed by atoms with Gasteiger partial charge >= 0.3 is 0 Å². The highest BCUT2D eigenvalue weighted by atomic mass is 16.1. The minimum absolute atomic E-state index is 0.104. The molecule has 1 saturated heterocycles. The van der Waals surface area contributed by atoms with Crippen molar-refractivity contribution >= 4 is 22.5 Å². The maximum Gasteiger partial charge on any atom is 0.258 e. The lowest BCUT2D eigenvalue weighted by atomic mass is 10.1. The fraction of sp³-hybridized carbons (Fsp3) is 0.240. The first-order valence-electron chi connectivity index (χ1n) is 10.9. The number of aromatic amines is 1. The van der Waals surface area contributed by atoms with E-state index in [1.54, 1.807) is 0 Å². The third-order valence-corrected chi connectivity index (χ3v) is 6.20. The zero-order chi connectivity index (χ0) is 20.8. The minimum Gasteiger partial charge on any atom is -0.342 e. The van der Waals surface area contributed by atoms with Crippen molar-refractivity contribution in [1.82, 2.24) is 14.9 Å². The van der Waals surface area contributed by atoms with Crippen LogP contribution < -0.4 is 10.5 Å². The smallest absolute Gasteiger partial charge is 0.258 e. The van der Waals surface area contributed by atoms with E-state index in [-0.39, 0.29) is 5.56 Å². The van der Waals surface area contributed by atoms with E-state index in [1.807, 2.05) is 42.5 Å². The summed E-state index contributed by atoms with van der Waals surface area (Å²) in [6.07, 6.45) is 2.25. The number of H-pyrrole nitrogens is 1. The van der Waals surface area contributed by atoms with Crippen LogP contribution in [-0.2, 0) is 0 Å². The number of fused-ring (bicyclic) bond motifs is 3. The molecule has 1 aromatic heterocycles. The molecular weight excluding hydrogens is 386 g/mol. The second kappa shape index (κ2) is 7.23. The van der Waals surface area contributed by atoms with Gasteiger partial charge < -0.3 is 14.8 Å². The monoisotopic (exact) mass is 409 g/mol. The molecule has 0 radical (unpaired) electrons. The molecule has 0 saturated carbocycles. The van der Waals surface area contributed by atoms with Gasteiger partial charge in [0, 0.05) is 48.5 Å². The van der Waals surface area contributed by atoms with Crippen molar-refractivity contribution in [2.45, 2.75) is 12.8 Å². The van der Waals surface area contributed by atoms with Crippen molar-refractivity contribution in [3.05, 3.63) is 71.0 Å². The number of aliphatic imine (C=N–C) groups is 1. The first-order valence-corrected chi connectivity index (χ1v) is 10.9. The molecule has 0 bridgehead atoms. The van der Waals surface area contributed by atoms with Crippen LogP contribution >= 0.6 is 0 Å². The summed E-state index contributed by atoms with van der Waals surface area (Å²) in [4.78, 5) is 30.1. The first-order chi connectivity index (χ1) is 15.3. The zero-order valence-corrected chi connectivity index (χ0v) is 17.2. The molecule has 154 valence electrons. The molecular formula is C25H23N5O. The van der Waals surface area contributed by atoms with Gasteiger partial charge in [0.1, 0.15) is 0 Å². The summed E-state index contributed by atoms with van der Waals surface area (Å²) in [5, 5.41) is 1.06. The zero-order valence-electron chi connectivity index (χ0n) is 17.2. The number of hydrogen-bond donors (Lipinski definition) is 1. The Kier molecular flexibility index (Phi) is 4.23. The van der Waals surface area contributed by atoms with Crippen LogP contribution in [0.4, 0.5) is 5.69 Å². The molecule has 2 aromatic rings. The van der Waals surface area contributed by atoms with Crippen molar-refractivity contribution in [2.24, 2.45) is 4.99 Å². The third kappa shape index (κ3) is 3.06. The van der Waals surface area contributed by atoms with Gasteiger partial charge in [-0.3, -0.25) is 9.79 Å². The number of rotatable bonds is 2. The molecule has 0 amide bonds. The highest BCUT2D eigenvalue weighted by molar-refractivity contribution is 5.99. The summed E-state index contributed by atoms with van der Waals surface area (Å²) in [6.45, 7) is 4.01. The summed E-state index contributed by atoms with van der Waals surface area (Å²) >= 11 is 0. The standard InChI is InChI=1S/C25H23N5O/c31-24-23(19-6-2-1-3-7-20(19)28-24)21-11-9-17-8-10-18(16-22(17)27-21)30-15-5-14-29-13-4-12-26-25(29)30/h1-3,6-11,16H,4-5,12-15H2,(H,28,31). The van der Waals surface area contributed by atoms with Crippen LogP contribution in [0.15, 0.2) is 70.5 Å². The lowest BCUT2D eigenvalue weighted by Gasteiger charge is -2.41. The van der Waals surface area contributed by atoms with Crippen LogP contribution in [0.1, 0.15) is 12.8 Å². The Bertz CT molecular complexity index is 1340. The molecule has 6 heteroatoms. The average molecular weight is 409 g/mol. The van der Waals surface area contributed by atoms with Gasteiger partial charge in [0.05, 0.1) is 16.8 Å². The summed E-state index contributed by atoms with van der Waals surface area (Å²) in [5.74, 6) is 1.08. The molecule has 4 aliphatic rings. The quantitative estimate of drug-likeness (QED) is 0.544. The van der Waals surface area contributed by atoms with Crippen LogP contribution in [0.5, 0.6) is 0 Å². The van der Waals surface area contributed by atoms with Gasteiger partial charge in [-0.1, -0.05) is 36.4 Å². The summed E-state index contributed by atoms with van der Waals surface area (Å²) < 4.78 is 0. The normalized spacial score (nSPS) is 16.5. The average Bonchev–Trinajstić information content (AvgIpc) is 2.96. The molecule has 1 aliphatic carbocycles. The second-order valence-corrected chi connectivity index (χ2v) is 8.17. The van der Waals surface area contributed by atoms with Crippen LogP contribution in [0.2, 0.25) is 0 Å². The molecule has 0 unspecified atom stereocenters. The van der Waals surface area contributed by atoms with Crippen LogP contribution in [0.3, 0.4) is 0 Å². The van der Waals surface area contributed by atoms with Crippen molar-refractivity contribution in [3.63, 3.8) is 0 Å². The SMILES string of the molecule is O=c1[nH]c2cccccc-2c1-c1ccc2ccc(N3CCCN4CCCN=C43)cc2n1. The Morgan fingerprint density at radius 1 is 0.903 bits per heavy atom. The highest BCUT2D eigenvalue weighted by Gasteiger charge is 2.26. The van der Waals surface area contributed by atoms with Gasteiger partial charge in [-0.2, -0.15) is 0 Å². The lowest BCUT2D eigenvalue weighted by Crippen LogP contribution is -2.52. The van der Waals surface area contributed by atoms with Crippen LogP contribution in [0, 0.1) is 0 Å². The molecule has 3 aliphatic heterocycles. The minimum atomic E-state index is -0.104. The van der Waals surface area contributed by atoms with E-state index in [0.717, 1.165) is 72.8 Å². The van der Waals surface area contributed by atoms with Gasteiger partial charge in [-0.15, -0.1) is 0 Å². The molecule has 0 atom stereocenters. The van der Waals surface area contributed by atoms with Gasteiger partial charge in [0.2, 0.25) is 5.96 Å². The molecule has 6 nitrogen and oxygen atoms in total. The second-order valence-electron chi connectivity index (χ2n) is 8.17. The number of guanidine groups is 1. The van der Waals surface area contributed by atoms with E-state index in [4.69, 9.17) is 9.98 Å². The van der Waals surface area contributed by atoms with E-state index in [2.05, 4.69) is 33.0 Å². The first kappa shape index (κ1) is 18.1. The molecule has 4 heterocycles. The Hall–Kier alpha value is -3.67. The van der Waals surface area contributed by atoms with Crippen molar-refractivity contribution in [1.29, 1.82) is 0 Å². The van der Waals surface area contributed by atoms with Gasteiger partial charge in [-0.05, 0) is 37.1 Å². The van der Waals surface area contributed by atoms with E-state index in [0.29, 0.717) is 11.3 Å². The number of anilines is 1. The highest BCUT2D eigenvalue weighted by Crippen LogP contribution is 2.31. The Balaban J connectivity index is 1.45. The van der Waals surface area contributed by atoms with E-state index in [9.17, 15) is 4.79 Å². The van der Waals surface area contributed by atoms with Gasteiger partial charge in [0.15, 0.2) is 0 Å². The molecule has 1 N–H and O–H groups in total. The number of nitrogens with one attached hydrogen (secondary N) is 1. The van der Waals surface area contributed by atoms with Gasteiger partial charge in [0.25, 0.3) is 5.56 Å². The molecule has 1 aromatic carbocycles. The number of hydrogen-bond acceptors (Lipinski definition) is 5. The summed E-state index contributed by atoms with van der Waals surface area (Å²) in [7, 11) is 0. The molecule has 0 spiro atoms. The third-order valence-electron chi connectivity index (χ3n) is 6.20. The predicted molar refractivity (Wildman–Crippen MR) is 125 cm³/mol. The predicted octanol–water partition coefficient (Wildman–Crippen LogP) is 3.97. The maximum absolute atomic E-state index is 12.7. The molecule has 1 fully saturated rings. The largest absolute Gasteiger partial charge is 0.342 e.